The first-order valence-electron chi connectivity index (χ1n) is 14.3. The summed E-state index contributed by atoms with van der Waals surface area (Å²) in [6.45, 7) is 2.79. The highest BCUT2D eigenvalue weighted by molar-refractivity contribution is 7.92. The minimum Gasteiger partial charge on any atom is -0.495 e. The molecule has 3 aromatic carbocycles. The normalized spacial score (nSPS) is 14.5. The summed E-state index contributed by atoms with van der Waals surface area (Å²) >= 11 is 13.0. The van der Waals surface area contributed by atoms with E-state index in [-0.39, 0.29) is 34.8 Å². The molecule has 1 aliphatic carbocycles. The van der Waals surface area contributed by atoms with Crippen LogP contribution in [-0.4, -0.2) is 50.9 Å². The molecule has 1 atom stereocenters. The van der Waals surface area contributed by atoms with Gasteiger partial charge in [-0.1, -0.05) is 78.4 Å². The predicted octanol–water partition coefficient (Wildman–Crippen LogP) is 6.37. The quantitative estimate of drug-likeness (QED) is 0.261. The lowest BCUT2D eigenvalue weighted by atomic mass is 9.95. The summed E-state index contributed by atoms with van der Waals surface area (Å²) in [5.74, 6) is -0.660. The number of carbonyl (C=O) groups is 2. The minimum atomic E-state index is -4.24. The Labute approximate surface area is 264 Å². The monoisotopic (exact) mass is 645 g/mol. The maximum Gasteiger partial charge on any atom is 0.264 e. The molecule has 1 N–H and O–H groups in total. The number of carbonyl (C=O) groups excluding carboxylic acids is 2. The third-order valence-electron chi connectivity index (χ3n) is 7.75. The Bertz CT molecular complexity index is 1520. The number of methoxy groups -OCH3 is 1. The zero-order chi connectivity index (χ0) is 31.1. The summed E-state index contributed by atoms with van der Waals surface area (Å²) in [5, 5.41) is 3.75. The maximum atomic E-state index is 14.2. The number of para-hydroxylation sites is 2. The first-order valence-corrected chi connectivity index (χ1v) is 16.5. The van der Waals surface area contributed by atoms with Gasteiger partial charge in [0.1, 0.15) is 18.3 Å². The molecule has 8 nitrogen and oxygen atoms in total. The molecule has 0 heterocycles. The van der Waals surface area contributed by atoms with Crippen LogP contribution in [0.1, 0.15) is 50.2 Å². The Hall–Kier alpha value is -3.27. The molecular weight excluding hydrogens is 609 g/mol. The average Bonchev–Trinajstić information content (AvgIpc) is 3.00. The average molecular weight is 647 g/mol. The largest absolute Gasteiger partial charge is 0.495 e. The Morgan fingerprint density at radius 3 is 2.21 bits per heavy atom. The molecule has 1 unspecified atom stereocenters. The molecule has 2 amide bonds. The van der Waals surface area contributed by atoms with Crippen LogP contribution in [0.3, 0.4) is 0 Å². The van der Waals surface area contributed by atoms with E-state index in [0.717, 1.165) is 42.0 Å². The number of ether oxygens (including phenoxy) is 1. The number of halogens is 2. The molecule has 3 aromatic rings. The number of anilines is 1. The molecule has 1 saturated carbocycles. The molecule has 0 aromatic heterocycles. The molecule has 0 bridgehead atoms. The fraction of sp³-hybridized carbons (Fsp3) is 0.375. The third-order valence-corrected chi connectivity index (χ3v) is 10.2. The Balaban J connectivity index is 1.74. The van der Waals surface area contributed by atoms with Crippen LogP contribution in [-0.2, 0) is 26.2 Å². The van der Waals surface area contributed by atoms with Crippen LogP contribution in [0.2, 0.25) is 10.0 Å². The molecular formula is C32H37Cl2N3O5S. The lowest BCUT2D eigenvalue weighted by Gasteiger charge is -2.33. The van der Waals surface area contributed by atoms with Crippen molar-refractivity contribution in [1.82, 2.24) is 10.2 Å². The second-order valence-electron chi connectivity index (χ2n) is 10.7. The smallest absolute Gasteiger partial charge is 0.264 e. The van der Waals surface area contributed by atoms with E-state index in [4.69, 9.17) is 27.9 Å². The zero-order valence-electron chi connectivity index (χ0n) is 24.6. The summed E-state index contributed by atoms with van der Waals surface area (Å²) in [6, 6.07) is 17.0. The lowest BCUT2D eigenvalue weighted by Crippen LogP contribution is -2.53. The Morgan fingerprint density at radius 2 is 1.58 bits per heavy atom. The summed E-state index contributed by atoms with van der Waals surface area (Å²) in [5.41, 5.74) is 1.54. The van der Waals surface area contributed by atoms with Crippen molar-refractivity contribution in [2.75, 3.05) is 18.0 Å². The second-order valence-corrected chi connectivity index (χ2v) is 13.4. The van der Waals surface area contributed by atoms with Gasteiger partial charge in [-0.3, -0.25) is 13.9 Å². The van der Waals surface area contributed by atoms with Crippen molar-refractivity contribution in [3.63, 3.8) is 0 Å². The van der Waals surface area contributed by atoms with E-state index in [2.05, 4.69) is 5.32 Å². The molecule has 1 fully saturated rings. The van der Waals surface area contributed by atoms with Crippen molar-refractivity contribution >= 4 is 50.7 Å². The third kappa shape index (κ3) is 7.82. The van der Waals surface area contributed by atoms with Gasteiger partial charge in [0.25, 0.3) is 10.0 Å². The van der Waals surface area contributed by atoms with Gasteiger partial charge in [0.15, 0.2) is 0 Å². The molecule has 11 heteroatoms. The molecule has 1 aliphatic rings. The van der Waals surface area contributed by atoms with Gasteiger partial charge in [-0.15, -0.1) is 0 Å². The number of amides is 2. The van der Waals surface area contributed by atoms with Gasteiger partial charge >= 0.3 is 0 Å². The first-order chi connectivity index (χ1) is 20.5. The van der Waals surface area contributed by atoms with E-state index in [1.54, 1.807) is 61.5 Å². The van der Waals surface area contributed by atoms with Gasteiger partial charge in [0.2, 0.25) is 11.8 Å². The van der Waals surface area contributed by atoms with Crippen molar-refractivity contribution < 1.29 is 22.7 Å². The highest BCUT2D eigenvalue weighted by Gasteiger charge is 2.34. The fourth-order valence-electron chi connectivity index (χ4n) is 5.19. The van der Waals surface area contributed by atoms with E-state index in [1.165, 1.54) is 24.1 Å². The highest BCUT2D eigenvalue weighted by atomic mass is 35.5. The van der Waals surface area contributed by atoms with Crippen LogP contribution < -0.4 is 14.4 Å². The minimum absolute atomic E-state index is 0.0144. The fourth-order valence-corrected chi connectivity index (χ4v) is 7.13. The van der Waals surface area contributed by atoms with Gasteiger partial charge in [-0.05, 0) is 63.1 Å². The molecule has 0 radical (unpaired) electrons. The first kappa shape index (κ1) is 32.6. The second kappa shape index (κ2) is 14.5. The molecule has 43 heavy (non-hydrogen) atoms. The van der Waals surface area contributed by atoms with Crippen molar-refractivity contribution in [3.05, 3.63) is 87.9 Å². The lowest BCUT2D eigenvalue weighted by molar-refractivity contribution is -0.139. The number of nitrogens with zero attached hydrogens (tertiary/aromatic N) is 2. The van der Waals surface area contributed by atoms with Crippen LogP contribution in [0.4, 0.5) is 5.69 Å². The molecule has 230 valence electrons. The number of sulfonamides is 1. The van der Waals surface area contributed by atoms with E-state index < -0.39 is 28.5 Å². The highest BCUT2D eigenvalue weighted by Crippen LogP contribution is 2.33. The standard InChI is InChI=1S/C32H37Cl2N3O5S/c1-22-16-18-25(19-17-22)43(40,41)37(29-14-7-8-15-30(29)42-3)21-31(38)36(20-26-27(33)12-9-13-28(26)34)23(2)32(39)35-24-10-5-4-6-11-24/h7-9,12-19,23-24H,4-6,10-11,20-21H2,1-3H3,(H,35,39). The van der Waals surface area contributed by atoms with Crippen LogP contribution in [0, 0.1) is 6.92 Å². The van der Waals surface area contributed by atoms with Gasteiger partial charge in [-0.2, -0.15) is 0 Å². The van der Waals surface area contributed by atoms with Gasteiger partial charge in [-0.25, -0.2) is 8.42 Å². The van der Waals surface area contributed by atoms with Crippen LogP contribution in [0.5, 0.6) is 5.75 Å². The topological polar surface area (TPSA) is 96.0 Å². The SMILES string of the molecule is COc1ccccc1N(CC(=O)N(Cc1c(Cl)cccc1Cl)C(C)C(=O)NC1CCCCC1)S(=O)(=O)c1ccc(C)cc1. The number of hydrogen-bond donors (Lipinski definition) is 1. The van der Waals surface area contributed by atoms with E-state index in [0.29, 0.717) is 15.6 Å². The van der Waals surface area contributed by atoms with Crippen molar-refractivity contribution in [3.8, 4) is 5.75 Å². The van der Waals surface area contributed by atoms with Crippen molar-refractivity contribution in [2.24, 2.45) is 0 Å². The molecule has 0 saturated heterocycles. The molecule has 0 spiro atoms. The maximum absolute atomic E-state index is 14.2. The van der Waals surface area contributed by atoms with Crippen LogP contribution in [0.15, 0.2) is 71.6 Å². The number of benzene rings is 3. The summed E-state index contributed by atoms with van der Waals surface area (Å²) in [7, 11) is -2.81. The van der Waals surface area contributed by atoms with Gasteiger partial charge in [0, 0.05) is 28.2 Å². The Kier molecular flexibility index (Phi) is 11.0. The van der Waals surface area contributed by atoms with E-state index in [1.807, 2.05) is 6.92 Å². The van der Waals surface area contributed by atoms with Crippen molar-refractivity contribution in [1.29, 1.82) is 0 Å². The Morgan fingerprint density at radius 1 is 0.953 bits per heavy atom. The zero-order valence-corrected chi connectivity index (χ0v) is 26.9. The summed E-state index contributed by atoms with van der Waals surface area (Å²) < 4.78 is 34.7. The van der Waals surface area contributed by atoms with E-state index >= 15 is 0 Å². The number of rotatable bonds is 11. The van der Waals surface area contributed by atoms with Crippen LogP contribution in [0.25, 0.3) is 0 Å². The molecule has 4 rings (SSSR count). The van der Waals surface area contributed by atoms with Gasteiger partial charge in [0.05, 0.1) is 17.7 Å². The number of nitrogens with one attached hydrogen (secondary N) is 1. The number of hydrogen-bond acceptors (Lipinski definition) is 5. The van der Waals surface area contributed by atoms with Crippen LogP contribution >= 0.6 is 23.2 Å². The number of aryl methyl sites for hydroxylation is 1. The van der Waals surface area contributed by atoms with Gasteiger partial charge < -0.3 is 15.0 Å². The van der Waals surface area contributed by atoms with E-state index in [9.17, 15) is 18.0 Å². The van der Waals surface area contributed by atoms with Crippen molar-refractivity contribution in [2.45, 2.75) is 69.5 Å². The summed E-state index contributed by atoms with van der Waals surface area (Å²) in [6.07, 6.45) is 4.94. The summed E-state index contributed by atoms with van der Waals surface area (Å²) in [4.78, 5) is 29.1. The predicted molar refractivity (Wildman–Crippen MR) is 170 cm³/mol. The molecule has 0 aliphatic heterocycles.